The average molecular weight is 247 g/mol. The van der Waals surface area contributed by atoms with Gasteiger partial charge in [-0.25, -0.2) is 4.79 Å². The number of nitrogens with two attached hydrogens (primary N) is 1. The van der Waals surface area contributed by atoms with Crippen molar-refractivity contribution in [1.82, 2.24) is 0 Å². The zero-order valence-corrected chi connectivity index (χ0v) is 10.7. The summed E-state index contributed by atoms with van der Waals surface area (Å²) in [6.07, 6.45) is 6.60. The molecule has 0 bridgehead atoms. The van der Waals surface area contributed by atoms with Crippen molar-refractivity contribution in [2.45, 2.75) is 44.6 Å². The lowest BCUT2D eigenvalue weighted by atomic mass is 9.98. The van der Waals surface area contributed by atoms with E-state index < -0.39 is 0 Å². The van der Waals surface area contributed by atoms with Gasteiger partial charge in [0, 0.05) is 0 Å². The molecule has 3 nitrogen and oxygen atoms in total. The van der Waals surface area contributed by atoms with Crippen LogP contribution in [-0.4, -0.2) is 18.6 Å². The normalized spacial score (nSPS) is 16.5. The van der Waals surface area contributed by atoms with Gasteiger partial charge in [-0.05, 0) is 56.3 Å². The molecular formula is C15H21NO2. The summed E-state index contributed by atoms with van der Waals surface area (Å²) < 4.78 is 5.51. The van der Waals surface area contributed by atoms with Crippen LogP contribution in [0.3, 0.4) is 0 Å². The molecule has 0 heterocycles. The highest BCUT2D eigenvalue weighted by Gasteiger charge is 2.18. The van der Waals surface area contributed by atoms with Crippen LogP contribution in [0, 0.1) is 0 Å². The maximum atomic E-state index is 11.9. The molecule has 1 aromatic carbocycles. The van der Waals surface area contributed by atoms with Crippen LogP contribution in [-0.2, 0) is 11.2 Å². The molecule has 1 fully saturated rings. The van der Waals surface area contributed by atoms with Gasteiger partial charge in [0.2, 0.25) is 0 Å². The van der Waals surface area contributed by atoms with Crippen molar-refractivity contribution >= 4 is 5.97 Å². The molecule has 1 aromatic rings. The first-order chi connectivity index (χ1) is 8.79. The maximum Gasteiger partial charge on any atom is 0.338 e. The topological polar surface area (TPSA) is 52.3 Å². The minimum atomic E-state index is -0.193. The molecule has 0 aliphatic heterocycles. The van der Waals surface area contributed by atoms with Gasteiger partial charge in [0.1, 0.15) is 6.10 Å². The zero-order valence-electron chi connectivity index (χ0n) is 10.7. The van der Waals surface area contributed by atoms with E-state index in [4.69, 9.17) is 10.5 Å². The Hall–Kier alpha value is -1.35. The zero-order chi connectivity index (χ0) is 12.8. The van der Waals surface area contributed by atoms with Gasteiger partial charge in [-0.1, -0.05) is 18.6 Å². The Kier molecular flexibility index (Phi) is 4.76. The number of hydrogen-bond donors (Lipinski definition) is 1. The summed E-state index contributed by atoms with van der Waals surface area (Å²) in [5, 5.41) is 0. The highest BCUT2D eigenvalue weighted by molar-refractivity contribution is 5.89. The number of carbonyl (C=O) groups is 1. The Bertz CT molecular complexity index is 380. The van der Waals surface area contributed by atoms with Crippen molar-refractivity contribution in [2.75, 3.05) is 6.54 Å². The Morgan fingerprint density at radius 1 is 1.17 bits per heavy atom. The molecule has 2 N–H and O–H groups in total. The fourth-order valence-corrected chi connectivity index (χ4v) is 2.38. The molecular weight excluding hydrogens is 226 g/mol. The smallest absolute Gasteiger partial charge is 0.338 e. The molecule has 1 aliphatic rings. The minimum absolute atomic E-state index is 0.120. The van der Waals surface area contributed by atoms with Crippen LogP contribution in [0.25, 0.3) is 0 Å². The third-order valence-electron chi connectivity index (χ3n) is 3.45. The van der Waals surface area contributed by atoms with Crippen molar-refractivity contribution in [3.05, 3.63) is 35.4 Å². The van der Waals surface area contributed by atoms with E-state index >= 15 is 0 Å². The van der Waals surface area contributed by atoms with Crippen molar-refractivity contribution in [2.24, 2.45) is 5.73 Å². The lowest BCUT2D eigenvalue weighted by Gasteiger charge is -2.21. The van der Waals surface area contributed by atoms with Crippen molar-refractivity contribution in [3.8, 4) is 0 Å². The lowest BCUT2D eigenvalue weighted by molar-refractivity contribution is 0.0211. The largest absolute Gasteiger partial charge is 0.459 e. The Morgan fingerprint density at radius 2 is 1.83 bits per heavy atom. The molecule has 98 valence electrons. The standard InChI is InChI=1S/C15H21NO2/c16-11-10-12-6-8-13(9-7-12)15(17)18-14-4-2-1-3-5-14/h6-9,14H,1-5,10-11,16H2. The van der Waals surface area contributed by atoms with Crippen LogP contribution in [0.1, 0.15) is 48.0 Å². The van der Waals surface area contributed by atoms with Gasteiger partial charge < -0.3 is 10.5 Å². The summed E-state index contributed by atoms with van der Waals surface area (Å²) in [5.74, 6) is -0.193. The molecule has 2 rings (SSSR count). The highest BCUT2D eigenvalue weighted by atomic mass is 16.5. The number of hydrogen-bond acceptors (Lipinski definition) is 3. The molecule has 0 radical (unpaired) electrons. The molecule has 1 aliphatic carbocycles. The van der Waals surface area contributed by atoms with Crippen molar-refractivity contribution in [3.63, 3.8) is 0 Å². The van der Waals surface area contributed by atoms with Crippen molar-refractivity contribution in [1.29, 1.82) is 0 Å². The van der Waals surface area contributed by atoms with Gasteiger partial charge in [0.25, 0.3) is 0 Å². The molecule has 1 saturated carbocycles. The fraction of sp³-hybridized carbons (Fsp3) is 0.533. The van der Waals surface area contributed by atoms with Crippen LogP contribution >= 0.6 is 0 Å². The molecule has 0 atom stereocenters. The van der Waals surface area contributed by atoms with Crippen LogP contribution in [0.15, 0.2) is 24.3 Å². The minimum Gasteiger partial charge on any atom is -0.459 e. The van der Waals surface area contributed by atoms with Gasteiger partial charge in [0.15, 0.2) is 0 Å². The van der Waals surface area contributed by atoms with Crippen LogP contribution in [0.2, 0.25) is 0 Å². The molecule has 3 heteroatoms. The van der Waals surface area contributed by atoms with E-state index in [2.05, 4.69) is 0 Å². The van der Waals surface area contributed by atoms with Crippen LogP contribution in [0.4, 0.5) is 0 Å². The summed E-state index contributed by atoms with van der Waals surface area (Å²) in [5.41, 5.74) is 7.29. The molecule has 18 heavy (non-hydrogen) atoms. The first-order valence-corrected chi connectivity index (χ1v) is 6.79. The quantitative estimate of drug-likeness (QED) is 0.832. The maximum absolute atomic E-state index is 11.9. The number of benzene rings is 1. The number of carbonyl (C=O) groups excluding carboxylic acids is 1. The summed E-state index contributed by atoms with van der Waals surface area (Å²) in [7, 11) is 0. The van der Waals surface area contributed by atoms with Gasteiger partial charge in [-0.3, -0.25) is 0 Å². The third-order valence-corrected chi connectivity index (χ3v) is 3.45. The first-order valence-electron chi connectivity index (χ1n) is 6.79. The van der Waals surface area contributed by atoms with Gasteiger partial charge in [-0.2, -0.15) is 0 Å². The molecule has 0 saturated heterocycles. The summed E-state index contributed by atoms with van der Waals surface area (Å²) in [6.45, 7) is 0.631. The fourth-order valence-electron chi connectivity index (χ4n) is 2.38. The lowest BCUT2D eigenvalue weighted by Crippen LogP contribution is -2.20. The van der Waals surface area contributed by atoms with E-state index in [0.717, 1.165) is 24.8 Å². The number of rotatable bonds is 4. The summed E-state index contributed by atoms with van der Waals surface area (Å²) in [4.78, 5) is 11.9. The highest BCUT2D eigenvalue weighted by Crippen LogP contribution is 2.21. The molecule has 0 aromatic heterocycles. The average Bonchev–Trinajstić information content (AvgIpc) is 2.41. The van der Waals surface area contributed by atoms with Crippen LogP contribution in [0.5, 0.6) is 0 Å². The van der Waals surface area contributed by atoms with Gasteiger partial charge in [-0.15, -0.1) is 0 Å². The van der Waals surface area contributed by atoms with E-state index in [9.17, 15) is 4.79 Å². The number of ether oxygens (including phenoxy) is 1. The van der Waals surface area contributed by atoms with E-state index in [0.29, 0.717) is 12.1 Å². The Balaban J connectivity index is 1.91. The van der Waals surface area contributed by atoms with E-state index in [-0.39, 0.29) is 12.1 Å². The van der Waals surface area contributed by atoms with Gasteiger partial charge in [0.05, 0.1) is 5.56 Å². The first kappa shape index (κ1) is 13.1. The summed E-state index contributed by atoms with van der Waals surface area (Å²) >= 11 is 0. The van der Waals surface area contributed by atoms with E-state index in [1.165, 1.54) is 19.3 Å². The molecule has 0 spiro atoms. The second-order valence-electron chi connectivity index (χ2n) is 4.90. The second-order valence-corrected chi connectivity index (χ2v) is 4.90. The number of esters is 1. The Labute approximate surface area is 108 Å². The predicted molar refractivity (Wildman–Crippen MR) is 71.5 cm³/mol. The van der Waals surface area contributed by atoms with Crippen molar-refractivity contribution < 1.29 is 9.53 Å². The second kappa shape index (κ2) is 6.55. The molecule has 0 unspecified atom stereocenters. The third kappa shape index (κ3) is 3.57. The van der Waals surface area contributed by atoms with E-state index in [1.807, 2.05) is 24.3 Å². The Morgan fingerprint density at radius 3 is 2.44 bits per heavy atom. The van der Waals surface area contributed by atoms with Gasteiger partial charge >= 0.3 is 5.97 Å². The molecule has 0 amide bonds. The van der Waals surface area contributed by atoms with E-state index in [1.54, 1.807) is 0 Å². The van der Waals surface area contributed by atoms with Crippen LogP contribution < -0.4 is 5.73 Å². The SMILES string of the molecule is NCCc1ccc(C(=O)OC2CCCCC2)cc1. The monoisotopic (exact) mass is 247 g/mol. The predicted octanol–water partition coefficient (Wildman–Crippen LogP) is 2.68. The summed E-state index contributed by atoms with van der Waals surface area (Å²) in [6, 6.07) is 7.56.